The largest absolute Gasteiger partial charge is 0.491 e. The summed E-state index contributed by atoms with van der Waals surface area (Å²) in [6.07, 6.45) is 7.15. The summed E-state index contributed by atoms with van der Waals surface area (Å²) in [7, 11) is 1.83. The number of fused-ring (bicyclic) bond motifs is 3. The summed E-state index contributed by atoms with van der Waals surface area (Å²) in [5.74, 6) is 1.06. The summed E-state index contributed by atoms with van der Waals surface area (Å²) in [5, 5.41) is 0. The zero-order valence-corrected chi connectivity index (χ0v) is 24.4. The van der Waals surface area contributed by atoms with E-state index in [2.05, 4.69) is 34.1 Å². The van der Waals surface area contributed by atoms with Gasteiger partial charge in [-0.15, -0.1) is 0 Å². The van der Waals surface area contributed by atoms with E-state index in [1.165, 1.54) is 32.1 Å². The van der Waals surface area contributed by atoms with Crippen molar-refractivity contribution in [1.29, 1.82) is 0 Å². The molecule has 2 amide bonds. The number of benzene rings is 2. The molecule has 2 aromatic carbocycles. The minimum Gasteiger partial charge on any atom is -0.491 e. The van der Waals surface area contributed by atoms with Crippen LogP contribution in [0.15, 0.2) is 42.5 Å². The van der Waals surface area contributed by atoms with Gasteiger partial charge in [-0.2, -0.15) is 0 Å². The van der Waals surface area contributed by atoms with E-state index in [9.17, 15) is 9.59 Å². The second-order valence-electron chi connectivity index (χ2n) is 12.1. The van der Waals surface area contributed by atoms with Crippen molar-refractivity contribution in [3.63, 3.8) is 0 Å². The number of amides is 2. The monoisotopic (exact) mass is 560 g/mol. The molecule has 2 bridgehead atoms. The summed E-state index contributed by atoms with van der Waals surface area (Å²) in [6, 6.07) is 15.0. The maximum absolute atomic E-state index is 13.7. The molecule has 0 spiro atoms. The molecular formula is C33H44N4O4. The van der Waals surface area contributed by atoms with Crippen LogP contribution in [-0.4, -0.2) is 105 Å². The van der Waals surface area contributed by atoms with Crippen molar-refractivity contribution in [2.24, 2.45) is 5.92 Å². The second kappa shape index (κ2) is 12.8. The van der Waals surface area contributed by atoms with Gasteiger partial charge < -0.3 is 24.2 Å². The van der Waals surface area contributed by atoms with E-state index in [-0.39, 0.29) is 17.7 Å². The standard InChI is InChI=1S/C33H44N4O4/c1-34-12-13-36(33(39)28-23-37(24-28)29-8-3-2-4-9-29)16-19-41-31-11-10-30(35-14-17-40-18-15-35)22-27(31)21-25-6-5-7-26(20-25)32(34)38/h5-7,10-11,20,22,28-29H,2-4,8-9,12-19,21,23-24H2,1H3. The summed E-state index contributed by atoms with van der Waals surface area (Å²) >= 11 is 0. The zero-order valence-electron chi connectivity index (χ0n) is 24.4. The van der Waals surface area contributed by atoms with Gasteiger partial charge in [-0.3, -0.25) is 14.5 Å². The molecule has 0 unspecified atom stereocenters. The molecule has 41 heavy (non-hydrogen) atoms. The lowest BCUT2D eigenvalue weighted by molar-refractivity contribution is -0.143. The van der Waals surface area contributed by atoms with E-state index in [4.69, 9.17) is 9.47 Å². The highest BCUT2D eigenvalue weighted by atomic mass is 16.5. The molecule has 8 heteroatoms. The van der Waals surface area contributed by atoms with Crippen LogP contribution in [-0.2, 0) is 16.0 Å². The Morgan fingerprint density at radius 1 is 0.878 bits per heavy atom. The lowest BCUT2D eigenvalue weighted by atomic mass is 9.88. The van der Waals surface area contributed by atoms with E-state index in [1.54, 1.807) is 4.90 Å². The molecule has 0 N–H and O–H groups in total. The SMILES string of the molecule is CN1CCN(C(=O)C2CN(C3CCCCC3)C2)CCOc2ccc(N3CCOCC3)cc2Cc2cccc(c2)C1=O. The summed E-state index contributed by atoms with van der Waals surface area (Å²) < 4.78 is 11.9. The molecule has 0 radical (unpaired) electrons. The van der Waals surface area contributed by atoms with Crippen LogP contribution in [0.5, 0.6) is 5.75 Å². The minimum atomic E-state index is -0.0121. The minimum absolute atomic E-state index is 0.0121. The van der Waals surface area contributed by atoms with Gasteiger partial charge in [0.25, 0.3) is 5.91 Å². The number of carbonyl (C=O) groups excluding carboxylic acids is 2. The molecule has 3 heterocycles. The predicted molar refractivity (Wildman–Crippen MR) is 160 cm³/mol. The zero-order chi connectivity index (χ0) is 28.2. The summed E-state index contributed by atoms with van der Waals surface area (Å²) in [4.78, 5) is 35.5. The first-order valence-electron chi connectivity index (χ1n) is 15.5. The normalized spacial score (nSPS) is 22.0. The van der Waals surface area contributed by atoms with Crippen molar-refractivity contribution in [3.8, 4) is 5.75 Å². The predicted octanol–water partition coefficient (Wildman–Crippen LogP) is 3.67. The molecule has 0 atom stereocenters. The molecule has 1 saturated carbocycles. The number of ether oxygens (including phenoxy) is 2. The van der Waals surface area contributed by atoms with Gasteiger partial charge >= 0.3 is 0 Å². The number of rotatable bonds is 3. The van der Waals surface area contributed by atoms with Crippen LogP contribution in [0.1, 0.15) is 53.6 Å². The van der Waals surface area contributed by atoms with Gasteiger partial charge in [-0.25, -0.2) is 0 Å². The smallest absolute Gasteiger partial charge is 0.253 e. The average Bonchev–Trinajstić information content (AvgIpc) is 2.99. The van der Waals surface area contributed by atoms with Crippen molar-refractivity contribution in [2.45, 2.75) is 44.6 Å². The van der Waals surface area contributed by atoms with Crippen LogP contribution in [0, 0.1) is 5.92 Å². The molecule has 2 saturated heterocycles. The Bertz CT molecular complexity index is 1220. The Balaban J connectivity index is 1.21. The van der Waals surface area contributed by atoms with Gasteiger partial charge in [0.15, 0.2) is 0 Å². The van der Waals surface area contributed by atoms with E-state index >= 15 is 0 Å². The average molecular weight is 561 g/mol. The third-order valence-electron chi connectivity index (χ3n) is 9.32. The fraction of sp³-hybridized carbons (Fsp3) is 0.576. The Kier molecular flexibility index (Phi) is 8.77. The van der Waals surface area contributed by atoms with Crippen LogP contribution in [0.4, 0.5) is 5.69 Å². The van der Waals surface area contributed by atoms with Gasteiger partial charge in [-0.1, -0.05) is 31.4 Å². The van der Waals surface area contributed by atoms with Gasteiger partial charge in [0.1, 0.15) is 12.4 Å². The summed E-state index contributed by atoms with van der Waals surface area (Å²) in [5.41, 5.74) is 4.00. The van der Waals surface area contributed by atoms with Crippen LogP contribution >= 0.6 is 0 Å². The van der Waals surface area contributed by atoms with E-state index < -0.39 is 0 Å². The molecule has 3 fully saturated rings. The molecule has 220 valence electrons. The van der Waals surface area contributed by atoms with Crippen molar-refractivity contribution in [1.82, 2.24) is 14.7 Å². The molecule has 3 aliphatic heterocycles. The molecule has 1 aliphatic carbocycles. The number of likely N-dealkylation sites (tertiary alicyclic amines) is 1. The Labute approximate surface area is 244 Å². The van der Waals surface area contributed by atoms with Crippen molar-refractivity contribution in [2.75, 3.05) is 77.6 Å². The van der Waals surface area contributed by atoms with Crippen LogP contribution in [0.3, 0.4) is 0 Å². The lowest BCUT2D eigenvalue weighted by Crippen LogP contribution is -2.58. The molecule has 6 rings (SSSR count). The Morgan fingerprint density at radius 2 is 1.68 bits per heavy atom. The quantitative estimate of drug-likeness (QED) is 0.571. The first-order valence-corrected chi connectivity index (χ1v) is 15.5. The molecular weight excluding hydrogens is 516 g/mol. The van der Waals surface area contributed by atoms with Crippen LogP contribution < -0.4 is 9.64 Å². The third kappa shape index (κ3) is 6.54. The number of carbonyl (C=O) groups is 2. The van der Waals surface area contributed by atoms with Gasteiger partial charge in [-0.05, 0) is 48.7 Å². The first kappa shape index (κ1) is 28.0. The number of hydrogen-bond acceptors (Lipinski definition) is 6. The lowest BCUT2D eigenvalue weighted by Gasteiger charge is -2.46. The van der Waals surface area contributed by atoms with Gasteiger partial charge in [0.2, 0.25) is 5.91 Å². The van der Waals surface area contributed by atoms with Crippen molar-refractivity contribution >= 4 is 17.5 Å². The van der Waals surface area contributed by atoms with Crippen LogP contribution in [0.25, 0.3) is 0 Å². The fourth-order valence-electron chi connectivity index (χ4n) is 6.76. The molecule has 2 aromatic rings. The van der Waals surface area contributed by atoms with Crippen molar-refractivity contribution in [3.05, 3.63) is 59.2 Å². The number of anilines is 1. The molecule has 0 aromatic heterocycles. The number of likely N-dealkylation sites (N-methyl/N-ethyl adjacent to an activating group) is 1. The van der Waals surface area contributed by atoms with Crippen molar-refractivity contribution < 1.29 is 19.1 Å². The maximum Gasteiger partial charge on any atom is 0.253 e. The number of nitrogens with zero attached hydrogens (tertiary/aromatic N) is 4. The fourth-order valence-corrected chi connectivity index (χ4v) is 6.76. The number of morpholine rings is 1. The van der Waals surface area contributed by atoms with Gasteiger partial charge in [0.05, 0.1) is 25.7 Å². The highest BCUT2D eigenvalue weighted by Crippen LogP contribution is 2.31. The summed E-state index contributed by atoms with van der Waals surface area (Å²) in [6.45, 7) is 6.84. The van der Waals surface area contributed by atoms with E-state index in [1.807, 2.05) is 30.1 Å². The van der Waals surface area contributed by atoms with Crippen LogP contribution in [0.2, 0.25) is 0 Å². The Morgan fingerprint density at radius 3 is 2.49 bits per heavy atom. The van der Waals surface area contributed by atoms with Gasteiger partial charge in [0, 0.05) is 75.6 Å². The maximum atomic E-state index is 13.7. The third-order valence-corrected chi connectivity index (χ3v) is 9.32. The topological polar surface area (TPSA) is 65.6 Å². The van der Waals surface area contributed by atoms with E-state index in [0.717, 1.165) is 62.0 Å². The molecule has 4 aliphatic rings. The highest BCUT2D eigenvalue weighted by molar-refractivity contribution is 5.94. The Hall–Kier alpha value is -3.10. The first-order chi connectivity index (χ1) is 20.0. The van der Waals surface area contributed by atoms with E-state index in [0.29, 0.717) is 44.3 Å². The highest BCUT2D eigenvalue weighted by Gasteiger charge is 2.39. The molecule has 8 nitrogen and oxygen atoms in total. The number of hydrogen-bond donors (Lipinski definition) is 0. The second-order valence-corrected chi connectivity index (χ2v) is 12.1.